The Balaban J connectivity index is 1.94. The van der Waals surface area contributed by atoms with E-state index >= 15 is 0 Å². The molecule has 112 valence electrons. The van der Waals surface area contributed by atoms with Crippen LogP contribution in [-0.2, 0) is 0 Å². The Labute approximate surface area is 132 Å². The van der Waals surface area contributed by atoms with Crippen molar-refractivity contribution in [1.29, 1.82) is 0 Å². The summed E-state index contributed by atoms with van der Waals surface area (Å²) in [5, 5.41) is 4.68. The Morgan fingerprint density at radius 1 is 1.09 bits per heavy atom. The number of hydrogen-bond donors (Lipinski definition) is 1. The molecule has 0 aliphatic heterocycles. The third-order valence-corrected chi connectivity index (χ3v) is 3.87. The fourth-order valence-electron chi connectivity index (χ4n) is 2.69. The molecule has 4 aromatic rings. The second kappa shape index (κ2) is 5.21. The van der Waals surface area contributed by atoms with Gasteiger partial charge in [0.05, 0.1) is 10.9 Å². The molecule has 0 fully saturated rings. The van der Waals surface area contributed by atoms with Gasteiger partial charge in [-0.05, 0) is 41.8 Å². The second-order valence-corrected chi connectivity index (χ2v) is 5.39. The van der Waals surface area contributed by atoms with Gasteiger partial charge in [-0.2, -0.15) is 5.10 Å². The Morgan fingerprint density at radius 2 is 1.96 bits per heavy atom. The summed E-state index contributed by atoms with van der Waals surface area (Å²) in [5.74, 6) is 0.412. The highest BCUT2D eigenvalue weighted by Crippen LogP contribution is 2.25. The van der Waals surface area contributed by atoms with E-state index in [9.17, 15) is 4.79 Å². The molecule has 0 radical (unpaired) electrons. The number of nitrogens with zero attached hydrogens (tertiary/aromatic N) is 3. The van der Waals surface area contributed by atoms with Crippen molar-refractivity contribution in [2.75, 3.05) is 0 Å². The largest absolute Gasteiger partial charge is 0.290 e. The summed E-state index contributed by atoms with van der Waals surface area (Å²) < 4.78 is 1.54. The van der Waals surface area contributed by atoms with Crippen LogP contribution >= 0.6 is 0 Å². The maximum Gasteiger partial charge on any atom is 0.260 e. The van der Waals surface area contributed by atoms with Gasteiger partial charge in [-0.25, -0.2) is 9.67 Å². The van der Waals surface area contributed by atoms with Crippen LogP contribution < -0.4 is 5.56 Å². The first-order chi connectivity index (χ1) is 11.2. The minimum Gasteiger partial charge on any atom is -0.290 e. The van der Waals surface area contributed by atoms with E-state index in [4.69, 9.17) is 0 Å². The standard InChI is InChI=1S/C18H14N4O/c1-12-5-2-3-6-14(12)13-7-8-15-16(11-13)20-18(21-17(15)23)22-10-4-9-19-22/h2-11H,1H3,(H,20,21,23). The Bertz CT molecular complexity index is 1050. The van der Waals surface area contributed by atoms with Crippen molar-refractivity contribution < 1.29 is 0 Å². The molecule has 0 amide bonds. The zero-order chi connectivity index (χ0) is 15.8. The summed E-state index contributed by atoms with van der Waals surface area (Å²) in [4.78, 5) is 19.6. The molecule has 0 saturated heterocycles. The first kappa shape index (κ1) is 13.5. The van der Waals surface area contributed by atoms with Crippen molar-refractivity contribution in [3.8, 4) is 17.1 Å². The molecule has 2 aromatic heterocycles. The highest BCUT2D eigenvalue weighted by molar-refractivity contribution is 5.84. The van der Waals surface area contributed by atoms with Gasteiger partial charge >= 0.3 is 0 Å². The van der Waals surface area contributed by atoms with Crippen LogP contribution in [0.1, 0.15) is 5.56 Å². The van der Waals surface area contributed by atoms with E-state index in [1.54, 1.807) is 23.1 Å². The summed E-state index contributed by atoms with van der Waals surface area (Å²) >= 11 is 0. The molecular weight excluding hydrogens is 288 g/mol. The summed E-state index contributed by atoms with van der Waals surface area (Å²) in [6, 6.07) is 15.7. The van der Waals surface area contributed by atoms with E-state index in [2.05, 4.69) is 34.1 Å². The van der Waals surface area contributed by atoms with Gasteiger partial charge in [-0.15, -0.1) is 0 Å². The van der Waals surface area contributed by atoms with Crippen molar-refractivity contribution in [2.45, 2.75) is 6.92 Å². The lowest BCUT2D eigenvalue weighted by molar-refractivity contribution is 0.810. The van der Waals surface area contributed by atoms with Gasteiger partial charge in [0, 0.05) is 12.4 Å². The van der Waals surface area contributed by atoms with Crippen molar-refractivity contribution in [2.24, 2.45) is 0 Å². The minimum atomic E-state index is -0.170. The van der Waals surface area contributed by atoms with Gasteiger partial charge in [-0.3, -0.25) is 9.78 Å². The lowest BCUT2D eigenvalue weighted by Gasteiger charge is -2.08. The quantitative estimate of drug-likeness (QED) is 0.619. The first-order valence-electron chi connectivity index (χ1n) is 7.32. The predicted molar refractivity (Wildman–Crippen MR) is 89.7 cm³/mol. The van der Waals surface area contributed by atoms with Gasteiger partial charge in [0.25, 0.3) is 5.56 Å². The average molecular weight is 302 g/mol. The molecule has 0 atom stereocenters. The van der Waals surface area contributed by atoms with Crippen LogP contribution in [0.2, 0.25) is 0 Å². The highest BCUT2D eigenvalue weighted by Gasteiger charge is 2.08. The molecule has 5 nitrogen and oxygen atoms in total. The molecule has 0 aliphatic rings. The third kappa shape index (κ3) is 2.32. The molecule has 5 heteroatoms. The average Bonchev–Trinajstić information content (AvgIpc) is 3.09. The molecule has 0 bridgehead atoms. The van der Waals surface area contributed by atoms with Crippen LogP contribution in [0.3, 0.4) is 0 Å². The predicted octanol–water partition coefficient (Wildman–Crippen LogP) is 3.08. The number of aromatic amines is 1. The highest BCUT2D eigenvalue weighted by atomic mass is 16.1. The third-order valence-electron chi connectivity index (χ3n) is 3.87. The number of fused-ring (bicyclic) bond motifs is 1. The molecule has 23 heavy (non-hydrogen) atoms. The Hall–Kier alpha value is -3.21. The van der Waals surface area contributed by atoms with Crippen molar-refractivity contribution in [3.05, 3.63) is 76.8 Å². The number of H-pyrrole nitrogens is 1. The Kier molecular flexibility index (Phi) is 3.05. The number of rotatable bonds is 2. The van der Waals surface area contributed by atoms with Crippen LogP contribution in [0.5, 0.6) is 0 Å². The maximum atomic E-state index is 12.3. The molecule has 4 rings (SSSR count). The number of nitrogens with one attached hydrogen (secondary N) is 1. The fraction of sp³-hybridized carbons (Fsp3) is 0.0556. The zero-order valence-electron chi connectivity index (χ0n) is 12.5. The SMILES string of the molecule is Cc1ccccc1-c1ccc2c(=O)[nH]c(-n3cccn3)nc2c1. The number of benzene rings is 2. The summed E-state index contributed by atoms with van der Waals surface area (Å²) in [6.07, 6.45) is 3.39. The molecule has 1 N–H and O–H groups in total. The zero-order valence-corrected chi connectivity index (χ0v) is 12.5. The van der Waals surface area contributed by atoms with Crippen molar-refractivity contribution in [3.63, 3.8) is 0 Å². The topological polar surface area (TPSA) is 63.6 Å². The van der Waals surface area contributed by atoms with Gasteiger partial charge in [0.15, 0.2) is 0 Å². The normalized spacial score (nSPS) is 11.0. The van der Waals surface area contributed by atoms with Gasteiger partial charge in [-0.1, -0.05) is 30.3 Å². The number of aryl methyl sites for hydroxylation is 1. The number of hydrogen-bond acceptors (Lipinski definition) is 3. The molecule has 2 aromatic carbocycles. The van der Waals surface area contributed by atoms with E-state index in [0.29, 0.717) is 16.9 Å². The van der Waals surface area contributed by atoms with E-state index in [1.165, 1.54) is 5.56 Å². The molecule has 0 aliphatic carbocycles. The van der Waals surface area contributed by atoms with Crippen LogP contribution in [0.25, 0.3) is 28.0 Å². The van der Waals surface area contributed by atoms with Crippen molar-refractivity contribution in [1.82, 2.24) is 19.7 Å². The lowest BCUT2D eigenvalue weighted by atomic mass is 10.00. The van der Waals surface area contributed by atoms with Gasteiger partial charge < -0.3 is 0 Å². The summed E-state index contributed by atoms with van der Waals surface area (Å²) in [6.45, 7) is 2.07. The molecular formula is C18H14N4O. The first-order valence-corrected chi connectivity index (χ1v) is 7.32. The van der Waals surface area contributed by atoms with E-state index in [0.717, 1.165) is 11.1 Å². The Morgan fingerprint density at radius 3 is 2.74 bits per heavy atom. The molecule has 2 heterocycles. The number of aromatic nitrogens is 4. The fourth-order valence-corrected chi connectivity index (χ4v) is 2.69. The van der Waals surface area contributed by atoms with Crippen LogP contribution in [0.4, 0.5) is 0 Å². The van der Waals surface area contributed by atoms with E-state index in [-0.39, 0.29) is 5.56 Å². The van der Waals surface area contributed by atoms with E-state index < -0.39 is 0 Å². The molecule has 0 saturated carbocycles. The van der Waals surface area contributed by atoms with Crippen LogP contribution in [0, 0.1) is 6.92 Å². The van der Waals surface area contributed by atoms with Crippen LogP contribution in [0.15, 0.2) is 65.7 Å². The van der Waals surface area contributed by atoms with Crippen molar-refractivity contribution >= 4 is 10.9 Å². The summed E-state index contributed by atoms with van der Waals surface area (Å²) in [5.41, 5.74) is 3.85. The minimum absolute atomic E-state index is 0.170. The molecule has 0 spiro atoms. The van der Waals surface area contributed by atoms with Gasteiger partial charge in [0.1, 0.15) is 0 Å². The maximum absolute atomic E-state index is 12.3. The lowest BCUT2D eigenvalue weighted by Crippen LogP contribution is -2.13. The monoisotopic (exact) mass is 302 g/mol. The van der Waals surface area contributed by atoms with E-state index in [1.807, 2.05) is 30.3 Å². The van der Waals surface area contributed by atoms with Gasteiger partial charge in [0.2, 0.25) is 5.95 Å². The smallest absolute Gasteiger partial charge is 0.260 e. The summed E-state index contributed by atoms with van der Waals surface area (Å²) in [7, 11) is 0. The van der Waals surface area contributed by atoms with Crippen LogP contribution in [-0.4, -0.2) is 19.7 Å². The molecule has 0 unspecified atom stereocenters. The second-order valence-electron chi connectivity index (χ2n) is 5.39.